The van der Waals surface area contributed by atoms with Gasteiger partial charge in [-0.25, -0.2) is 4.79 Å². The molecule has 1 aromatic heterocycles. The van der Waals surface area contributed by atoms with Crippen LogP contribution in [0.3, 0.4) is 0 Å². The molecule has 0 aliphatic carbocycles. The Morgan fingerprint density at radius 2 is 2.09 bits per heavy atom. The number of benzene rings is 1. The second kappa shape index (κ2) is 6.78. The minimum atomic E-state index is -0.724. The van der Waals surface area contributed by atoms with E-state index in [2.05, 4.69) is 10.3 Å². The number of nitrogens with zero attached hydrogens (tertiary/aromatic N) is 2. The molecule has 1 aliphatic rings. The van der Waals surface area contributed by atoms with Gasteiger partial charge < -0.3 is 25.0 Å². The molecule has 0 spiro atoms. The number of hydrogen-bond acceptors (Lipinski definition) is 7. The average molecular weight is 319 g/mol. The van der Waals surface area contributed by atoms with Gasteiger partial charge in [-0.15, -0.1) is 0 Å². The molecule has 1 aliphatic heterocycles. The zero-order chi connectivity index (χ0) is 16.2. The van der Waals surface area contributed by atoms with Crippen LogP contribution in [0.5, 0.6) is 11.5 Å². The summed E-state index contributed by atoms with van der Waals surface area (Å²) in [6.07, 6.45) is 0.966. The van der Waals surface area contributed by atoms with Crippen LogP contribution >= 0.6 is 0 Å². The molecule has 0 amide bonds. The van der Waals surface area contributed by atoms with Crippen LogP contribution in [-0.2, 0) is 4.74 Å². The number of hydrogen-bond donors (Lipinski definition) is 3. The highest BCUT2D eigenvalue weighted by Gasteiger charge is 2.22. The van der Waals surface area contributed by atoms with Crippen molar-refractivity contribution >= 4 is 11.5 Å². The number of anilines is 2. The maximum Gasteiger partial charge on any atom is 0.351 e. The van der Waals surface area contributed by atoms with Gasteiger partial charge in [0.2, 0.25) is 0 Å². The summed E-state index contributed by atoms with van der Waals surface area (Å²) in [6.45, 7) is -0.293. The molecule has 8 nitrogen and oxygen atoms in total. The van der Waals surface area contributed by atoms with Crippen LogP contribution in [0, 0.1) is 0 Å². The zero-order valence-electron chi connectivity index (χ0n) is 12.3. The van der Waals surface area contributed by atoms with Crippen molar-refractivity contribution in [3.63, 3.8) is 0 Å². The maximum absolute atomic E-state index is 12.2. The molecule has 0 saturated heterocycles. The van der Waals surface area contributed by atoms with Crippen LogP contribution in [0.2, 0.25) is 0 Å². The highest BCUT2D eigenvalue weighted by molar-refractivity contribution is 5.72. The number of fused-ring (bicyclic) bond motifs is 2. The maximum atomic E-state index is 12.2. The highest BCUT2D eigenvalue weighted by atomic mass is 16.5. The Labute approximate surface area is 131 Å². The Balaban J connectivity index is 1.94. The van der Waals surface area contributed by atoms with E-state index in [1.165, 1.54) is 10.8 Å². The molecule has 3 N–H and O–H groups in total. The highest BCUT2D eigenvalue weighted by Crippen LogP contribution is 2.39. The van der Waals surface area contributed by atoms with E-state index in [1.807, 2.05) is 18.2 Å². The molecule has 122 valence electrons. The molecule has 23 heavy (non-hydrogen) atoms. The summed E-state index contributed by atoms with van der Waals surface area (Å²) in [5.74, 6) is 1.34. The number of aliphatic hydroxyl groups is 2. The van der Waals surface area contributed by atoms with E-state index in [4.69, 9.17) is 19.7 Å². The van der Waals surface area contributed by atoms with Crippen LogP contribution < -0.4 is 15.7 Å². The van der Waals surface area contributed by atoms with Crippen LogP contribution in [0.15, 0.2) is 35.3 Å². The predicted octanol–water partition coefficient (Wildman–Crippen LogP) is 0.982. The standard InChI is InChI=1S/C15H17N3O5/c19-6-5-13(22-8-7-20)18-9-12-14(17-15(18)21)16-10-3-1-2-4-11(10)23-12/h1-4,9,13,19-20H,5-8H2,(H,16,17,21)/t13-/m1/s1. The van der Waals surface area contributed by atoms with Crippen LogP contribution in [0.4, 0.5) is 11.5 Å². The zero-order valence-corrected chi connectivity index (χ0v) is 12.3. The first kappa shape index (κ1) is 15.5. The Morgan fingerprint density at radius 3 is 2.87 bits per heavy atom. The second-order valence-corrected chi connectivity index (χ2v) is 4.93. The van der Waals surface area contributed by atoms with Crippen molar-refractivity contribution in [3.8, 4) is 11.5 Å². The summed E-state index contributed by atoms with van der Waals surface area (Å²) < 4.78 is 12.4. The summed E-state index contributed by atoms with van der Waals surface area (Å²) >= 11 is 0. The van der Waals surface area contributed by atoms with E-state index in [0.717, 1.165) is 5.69 Å². The molecule has 1 atom stereocenters. The van der Waals surface area contributed by atoms with Crippen LogP contribution in [-0.4, -0.2) is 39.6 Å². The number of aliphatic hydroxyl groups excluding tert-OH is 2. The van der Waals surface area contributed by atoms with Gasteiger partial charge in [-0.1, -0.05) is 12.1 Å². The molecule has 2 heterocycles. The van der Waals surface area contributed by atoms with Crippen molar-refractivity contribution in [1.29, 1.82) is 0 Å². The SMILES string of the molecule is O=c1nc2c(cn1[C@@H](CCO)OCCO)Oc1ccccc1N2. The predicted molar refractivity (Wildman–Crippen MR) is 82.1 cm³/mol. The molecular weight excluding hydrogens is 302 g/mol. The largest absolute Gasteiger partial charge is 0.450 e. The van der Waals surface area contributed by atoms with E-state index in [0.29, 0.717) is 17.3 Å². The summed E-state index contributed by atoms with van der Waals surface area (Å²) in [5.41, 5.74) is 0.198. The molecule has 0 fully saturated rings. The van der Waals surface area contributed by atoms with Crippen molar-refractivity contribution in [2.75, 3.05) is 25.1 Å². The van der Waals surface area contributed by atoms with E-state index >= 15 is 0 Å². The Hall–Kier alpha value is -2.42. The molecule has 0 unspecified atom stereocenters. The lowest BCUT2D eigenvalue weighted by molar-refractivity contribution is -0.0309. The number of nitrogens with one attached hydrogen (secondary N) is 1. The van der Waals surface area contributed by atoms with Gasteiger partial charge in [0.05, 0.1) is 25.1 Å². The second-order valence-electron chi connectivity index (χ2n) is 4.93. The van der Waals surface area contributed by atoms with Crippen LogP contribution in [0.25, 0.3) is 0 Å². The lowest BCUT2D eigenvalue weighted by Crippen LogP contribution is -2.30. The van der Waals surface area contributed by atoms with E-state index in [9.17, 15) is 4.79 Å². The smallest absolute Gasteiger partial charge is 0.351 e. The summed E-state index contributed by atoms with van der Waals surface area (Å²) in [4.78, 5) is 16.2. The van der Waals surface area contributed by atoms with Gasteiger partial charge in [0, 0.05) is 13.0 Å². The molecular formula is C15H17N3O5. The third kappa shape index (κ3) is 3.19. The van der Waals surface area contributed by atoms with Gasteiger partial charge in [-0.2, -0.15) is 4.98 Å². The summed E-state index contributed by atoms with van der Waals surface area (Å²) in [5, 5.41) is 21.1. The Bertz CT molecular complexity index is 746. The van der Waals surface area contributed by atoms with Crippen molar-refractivity contribution in [2.24, 2.45) is 0 Å². The van der Waals surface area contributed by atoms with Crippen LogP contribution in [0.1, 0.15) is 12.6 Å². The third-order valence-electron chi connectivity index (χ3n) is 3.37. The number of ether oxygens (including phenoxy) is 2. The lowest BCUT2D eigenvalue weighted by atomic mass is 10.2. The topological polar surface area (TPSA) is 106 Å². The molecule has 2 aromatic rings. The van der Waals surface area contributed by atoms with E-state index in [1.54, 1.807) is 6.07 Å². The Kier molecular flexibility index (Phi) is 4.56. The normalized spacial score (nSPS) is 13.5. The van der Waals surface area contributed by atoms with Gasteiger partial charge >= 0.3 is 5.69 Å². The Morgan fingerprint density at radius 1 is 1.26 bits per heavy atom. The number of para-hydroxylation sites is 2. The molecule has 3 rings (SSSR count). The summed E-state index contributed by atoms with van der Waals surface area (Å²) in [6, 6.07) is 7.31. The fourth-order valence-electron chi connectivity index (χ4n) is 2.33. The van der Waals surface area contributed by atoms with Gasteiger partial charge in [-0.05, 0) is 12.1 Å². The van der Waals surface area contributed by atoms with Gasteiger partial charge in [-0.3, -0.25) is 4.57 Å². The van der Waals surface area contributed by atoms with E-state index in [-0.39, 0.29) is 26.2 Å². The van der Waals surface area contributed by atoms with Crippen molar-refractivity contribution in [3.05, 3.63) is 40.9 Å². The van der Waals surface area contributed by atoms with Gasteiger partial charge in [0.15, 0.2) is 17.3 Å². The lowest BCUT2D eigenvalue weighted by Gasteiger charge is -2.24. The minimum absolute atomic E-state index is 0.0517. The monoisotopic (exact) mass is 319 g/mol. The molecule has 8 heteroatoms. The van der Waals surface area contributed by atoms with Gasteiger partial charge in [0.1, 0.15) is 6.23 Å². The first-order valence-electron chi connectivity index (χ1n) is 7.23. The third-order valence-corrected chi connectivity index (χ3v) is 3.37. The molecule has 0 radical (unpaired) electrons. The molecule has 1 aromatic carbocycles. The fraction of sp³-hybridized carbons (Fsp3) is 0.333. The first-order chi connectivity index (χ1) is 11.2. The minimum Gasteiger partial charge on any atom is -0.450 e. The van der Waals surface area contributed by atoms with Crippen molar-refractivity contribution in [2.45, 2.75) is 12.6 Å². The van der Waals surface area contributed by atoms with Crippen molar-refractivity contribution in [1.82, 2.24) is 9.55 Å². The molecule has 0 saturated carbocycles. The summed E-state index contributed by atoms with van der Waals surface area (Å²) in [7, 11) is 0. The van der Waals surface area contributed by atoms with Gasteiger partial charge in [0.25, 0.3) is 0 Å². The fourth-order valence-corrected chi connectivity index (χ4v) is 2.33. The number of rotatable bonds is 6. The number of aromatic nitrogens is 2. The van der Waals surface area contributed by atoms with E-state index < -0.39 is 11.9 Å². The quantitative estimate of drug-likeness (QED) is 0.622. The average Bonchev–Trinajstić information content (AvgIpc) is 2.56. The molecule has 0 bridgehead atoms. The first-order valence-corrected chi connectivity index (χ1v) is 7.23. The van der Waals surface area contributed by atoms with Crippen molar-refractivity contribution < 1.29 is 19.7 Å².